The summed E-state index contributed by atoms with van der Waals surface area (Å²) in [6.07, 6.45) is 16.7. The minimum absolute atomic E-state index is 0.0560. The number of hydrogen-bond donors (Lipinski definition) is 2. The maximum Gasteiger partial charge on any atom is 0.259 e. The van der Waals surface area contributed by atoms with Gasteiger partial charge in [-0.2, -0.15) is 5.10 Å². The average molecular weight is 472 g/mol. The van der Waals surface area contributed by atoms with Gasteiger partial charge in [-0.1, -0.05) is 98.1 Å². The minimum Gasteiger partial charge on any atom is -0.506 e. The summed E-state index contributed by atoms with van der Waals surface area (Å²) in [6.45, 7) is 21.8. The molecule has 5 heteroatoms. The van der Waals surface area contributed by atoms with Crippen LogP contribution in [0.5, 0.6) is 0 Å². The topological polar surface area (TPSA) is 67.2 Å². The van der Waals surface area contributed by atoms with Crippen LogP contribution in [0, 0.1) is 5.92 Å². The molecule has 0 aliphatic heterocycles. The smallest absolute Gasteiger partial charge is 0.259 e. The van der Waals surface area contributed by atoms with Crippen LogP contribution in [0.3, 0.4) is 0 Å². The normalized spacial score (nSPS) is 11.7. The van der Waals surface area contributed by atoms with Crippen LogP contribution in [0.15, 0.2) is 60.7 Å². The first-order valence-corrected chi connectivity index (χ1v) is 12.8. The molecule has 34 heavy (non-hydrogen) atoms. The van der Waals surface area contributed by atoms with Gasteiger partial charge in [0.25, 0.3) is 5.91 Å². The van der Waals surface area contributed by atoms with E-state index >= 15 is 0 Å². The number of nitrogens with zero attached hydrogens (tertiary/aromatic N) is 2. The molecule has 0 aliphatic carbocycles. The van der Waals surface area contributed by atoms with E-state index in [0.29, 0.717) is 22.9 Å². The van der Waals surface area contributed by atoms with Gasteiger partial charge in [-0.25, -0.2) is 0 Å². The van der Waals surface area contributed by atoms with E-state index < -0.39 is 0 Å². The highest BCUT2D eigenvalue weighted by atomic mass is 16.3. The van der Waals surface area contributed by atoms with Gasteiger partial charge in [-0.3, -0.25) is 9.48 Å². The van der Waals surface area contributed by atoms with E-state index in [1.165, 1.54) is 12.3 Å². The van der Waals surface area contributed by atoms with Crippen LogP contribution >= 0.6 is 0 Å². The molecule has 192 valence electrons. The molecule has 0 fully saturated rings. The molecule has 1 rings (SSSR count). The van der Waals surface area contributed by atoms with Crippen LogP contribution < -0.4 is 5.32 Å². The zero-order valence-corrected chi connectivity index (χ0v) is 22.9. The van der Waals surface area contributed by atoms with Gasteiger partial charge >= 0.3 is 0 Å². The van der Waals surface area contributed by atoms with Gasteiger partial charge in [-0.05, 0) is 43.9 Å². The Bertz CT molecular complexity index is 805. The third-order valence-corrected chi connectivity index (χ3v) is 5.17. The molecule has 0 unspecified atom stereocenters. The van der Waals surface area contributed by atoms with Gasteiger partial charge < -0.3 is 10.4 Å². The van der Waals surface area contributed by atoms with Gasteiger partial charge in [0.15, 0.2) is 0 Å². The number of carbonyl (C=O) groups is 1. The highest BCUT2D eigenvalue weighted by Gasteiger charge is 2.17. The van der Waals surface area contributed by atoms with Gasteiger partial charge in [0.2, 0.25) is 0 Å². The lowest BCUT2D eigenvalue weighted by atomic mass is 9.89. The molecule has 1 amide bonds. The number of aryl methyl sites for hydroxylation is 1. The highest BCUT2D eigenvalue weighted by molar-refractivity contribution is 5.98. The number of carbonyl (C=O) groups excluding carboxylic acids is 1. The summed E-state index contributed by atoms with van der Waals surface area (Å²) in [4.78, 5) is 12.9. The second-order valence-electron chi connectivity index (χ2n) is 7.49. The van der Waals surface area contributed by atoms with Gasteiger partial charge in [0.1, 0.15) is 5.76 Å². The fourth-order valence-electron chi connectivity index (χ4n) is 3.30. The number of rotatable bonds is 13. The predicted molar refractivity (Wildman–Crippen MR) is 149 cm³/mol. The second-order valence-corrected chi connectivity index (χ2v) is 7.49. The molecule has 0 radical (unpaired) electrons. The van der Waals surface area contributed by atoms with Crippen molar-refractivity contribution < 1.29 is 9.90 Å². The Hall–Kier alpha value is -2.82. The lowest BCUT2D eigenvalue weighted by Gasteiger charge is -2.18. The van der Waals surface area contributed by atoms with E-state index in [-0.39, 0.29) is 11.7 Å². The van der Waals surface area contributed by atoms with Crippen molar-refractivity contribution in [1.82, 2.24) is 15.1 Å². The summed E-state index contributed by atoms with van der Waals surface area (Å²) in [5.41, 5.74) is 2.59. The number of unbranched alkanes of at least 4 members (excludes halogenated alkanes) is 2. The molecule has 0 atom stereocenters. The lowest BCUT2D eigenvalue weighted by molar-refractivity contribution is 0.0965. The Morgan fingerprint density at radius 2 is 1.71 bits per heavy atom. The van der Waals surface area contributed by atoms with Crippen LogP contribution in [0.1, 0.15) is 103 Å². The van der Waals surface area contributed by atoms with Crippen molar-refractivity contribution in [1.29, 1.82) is 0 Å². The van der Waals surface area contributed by atoms with Gasteiger partial charge in [-0.15, -0.1) is 0 Å². The Balaban J connectivity index is 0. The highest BCUT2D eigenvalue weighted by Crippen LogP contribution is 2.25. The summed E-state index contributed by atoms with van der Waals surface area (Å²) in [7, 11) is 1.77. The second kappa shape index (κ2) is 20.8. The van der Waals surface area contributed by atoms with E-state index in [2.05, 4.69) is 44.3 Å². The van der Waals surface area contributed by atoms with Gasteiger partial charge in [0.05, 0.1) is 23.2 Å². The largest absolute Gasteiger partial charge is 0.506 e. The molecule has 0 aliphatic rings. The summed E-state index contributed by atoms with van der Waals surface area (Å²) < 4.78 is 1.62. The van der Waals surface area contributed by atoms with Crippen molar-refractivity contribution in [3.63, 3.8) is 0 Å². The molecule has 0 aromatic carbocycles. The Morgan fingerprint density at radius 1 is 1.15 bits per heavy atom. The molecule has 0 spiro atoms. The predicted octanol–water partition coefficient (Wildman–Crippen LogP) is 8.30. The number of amides is 1. The molecule has 2 N–H and O–H groups in total. The van der Waals surface area contributed by atoms with E-state index in [4.69, 9.17) is 0 Å². The van der Waals surface area contributed by atoms with Crippen LogP contribution in [-0.2, 0) is 7.05 Å². The van der Waals surface area contributed by atoms with Crippen LogP contribution in [0.25, 0.3) is 6.08 Å². The third-order valence-electron chi connectivity index (χ3n) is 5.17. The van der Waals surface area contributed by atoms with Crippen molar-refractivity contribution in [3.8, 4) is 0 Å². The van der Waals surface area contributed by atoms with Crippen molar-refractivity contribution in [3.05, 3.63) is 71.9 Å². The molecule has 1 heterocycles. The zero-order valence-electron chi connectivity index (χ0n) is 22.9. The Labute approximate surface area is 209 Å². The molecule has 1 aromatic rings. The summed E-state index contributed by atoms with van der Waals surface area (Å²) >= 11 is 0. The number of hydrogen-bond acceptors (Lipinski definition) is 3. The molecule has 0 saturated heterocycles. The number of nitrogens with one attached hydrogen (secondary N) is 1. The van der Waals surface area contributed by atoms with Crippen molar-refractivity contribution in [2.24, 2.45) is 13.0 Å². The quantitative estimate of drug-likeness (QED) is 0.224. The maximum absolute atomic E-state index is 12.9. The first kappa shape index (κ1) is 33.4. The van der Waals surface area contributed by atoms with Gasteiger partial charge in [0, 0.05) is 7.05 Å². The first-order valence-electron chi connectivity index (χ1n) is 12.8. The van der Waals surface area contributed by atoms with Crippen LogP contribution in [0.4, 0.5) is 0 Å². The first-order chi connectivity index (χ1) is 16.4. The fourth-order valence-corrected chi connectivity index (χ4v) is 3.30. The molecular formula is C29H49N3O2. The van der Waals surface area contributed by atoms with Crippen molar-refractivity contribution in [2.45, 2.75) is 87.0 Å². The summed E-state index contributed by atoms with van der Waals surface area (Å²) in [5, 5.41) is 17.4. The Morgan fingerprint density at radius 3 is 2.18 bits per heavy atom. The standard InChI is InChI=1S/C25H37N3O2.2C2H6/c1-7-11-14-20(15-12-8-2)19(5)17-22(24(29)10-4)27-25(30)21-18-26-28(6)23(21)16-13-9-3;2*1-2/h9-10,13,16-18,20,29H,3-4,7-8,11-12,14-15H2,1-2,5-6H3,(H,27,30);2*1-2H3/b16-13-,19-17+,24-22-;;. The molecule has 1 aromatic heterocycles. The molecule has 5 nitrogen and oxygen atoms in total. The zero-order chi connectivity index (χ0) is 26.5. The van der Waals surface area contributed by atoms with E-state index in [1.807, 2.05) is 33.8 Å². The summed E-state index contributed by atoms with van der Waals surface area (Å²) in [5.74, 6) is 0.0383. The van der Waals surface area contributed by atoms with Crippen LogP contribution in [-0.4, -0.2) is 20.8 Å². The van der Waals surface area contributed by atoms with E-state index in [9.17, 15) is 9.90 Å². The number of aliphatic hydroxyl groups excluding tert-OH is 1. The number of aromatic nitrogens is 2. The van der Waals surface area contributed by atoms with Crippen molar-refractivity contribution in [2.75, 3.05) is 0 Å². The minimum atomic E-state index is -0.335. The SMILES string of the molecule is C=C/C=C\c1c(C(=O)NC(/C=C(\C)C(CCCC)CCCC)=C(\O)C=C)cnn1C.CC.CC. The maximum atomic E-state index is 12.9. The Kier molecular flexibility index (Phi) is 20.4. The van der Waals surface area contributed by atoms with Crippen molar-refractivity contribution >= 4 is 12.0 Å². The van der Waals surface area contributed by atoms with E-state index in [0.717, 1.165) is 44.1 Å². The fraction of sp³-hybridized carbons (Fsp3) is 0.517. The lowest BCUT2D eigenvalue weighted by Crippen LogP contribution is -2.24. The average Bonchev–Trinajstić information content (AvgIpc) is 3.24. The van der Waals surface area contributed by atoms with Crippen LogP contribution in [0.2, 0.25) is 0 Å². The summed E-state index contributed by atoms with van der Waals surface area (Å²) in [6, 6.07) is 0. The number of aliphatic hydroxyl groups is 1. The monoisotopic (exact) mass is 471 g/mol. The third kappa shape index (κ3) is 11.9. The molecule has 0 bridgehead atoms. The molecule has 0 saturated carbocycles. The molecular weight excluding hydrogens is 422 g/mol. The number of allylic oxidation sites excluding steroid dienone is 5. The van der Waals surface area contributed by atoms with E-state index in [1.54, 1.807) is 30.0 Å².